The maximum Gasteiger partial charge on any atom is 0.0825 e. The smallest absolute Gasteiger partial charge is 0.0825 e. The van der Waals surface area contributed by atoms with E-state index in [4.69, 9.17) is 9.47 Å². The van der Waals surface area contributed by atoms with Crippen molar-refractivity contribution in [2.75, 3.05) is 39.5 Å². The highest BCUT2D eigenvalue weighted by atomic mass is 16.6. The minimum absolute atomic E-state index is 0.297. The van der Waals surface area contributed by atoms with Crippen LogP contribution in [0.4, 0.5) is 0 Å². The molecule has 0 aromatic carbocycles. The van der Waals surface area contributed by atoms with E-state index in [0.717, 1.165) is 45.9 Å². The maximum absolute atomic E-state index is 5.59. The van der Waals surface area contributed by atoms with Crippen molar-refractivity contribution in [3.63, 3.8) is 0 Å². The number of ether oxygens (including phenoxy) is 2. The molecule has 2 rings (SSSR count). The Kier molecular flexibility index (Phi) is 3.55. The van der Waals surface area contributed by atoms with Crippen molar-refractivity contribution < 1.29 is 9.47 Å². The molecule has 0 radical (unpaired) electrons. The van der Waals surface area contributed by atoms with Crippen molar-refractivity contribution >= 4 is 0 Å². The molecule has 76 valence electrons. The number of hydrogen-bond acceptors (Lipinski definition) is 4. The number of piperazine rings is 1. The molecule has 2 atom stereocenters. The Morgan fingerprint density at radius 2 is 2.23 bits per heavy atom. The Balaban J connectivity index is 1.69. The lowest BCUT2D eigenvalue weighted by Gasteiger charge is -2.30. The fraction of sp³-hybridized carbons (Fsp3) is 1.00. The van der Waals surface area contributed by atoms with Gasteiger partial charge in [0, 0.05) is 25.7 Å². The molecule has 2 unspecified atom stereocenters. The third-order valence-corrected chi connectivity index (χ3v) is 2.56. The highest BCUT2D eigenvalue weighted by Gasteiger charge is 2.20. The fourth-order valence-corrected chi connectivity index (χ4v) is 1.87. The van der Waals surface area contributed by atoms with Crippen LogP contribution in [0.5, 0.6) is 0 Å². The predicted octanol–water partition coefficient (Wildman–Crippen LogP) is -0.647. The highest BCUT2D eigenvalue weighted by Crippen LogP contribution is 2.08. The molecule has 4 nitrogen and oxygen atoms in total. The van der Waals surface area contributed by atoms with Gasteiger partial charge in [0.1, 0.15) is 0 Å². The molecule has 2 saturated heterocycles. The second kappa shape index (κ2) is 4.91. The van der Waals surface area contributed by atoms with Crippen LogP contribution in [0, 0.1) is 0 Å². The molecular weight excluding hydrogens is 168 g/mol. The molecule has 0 aromatic rings. The Bertz CT molecular complexity index is 127. The largest absolute Gasteiger partial charge is 0.376 e. The van der Waals surface area contributed by atoms with Gasteiger partial charge in [-0.25, -0.2) is 0 Å². The second-order valence-corrected chi connectivity index (χ2v) is 3.66. The molecule has 0 amide bonds. The molecule has 4 heteroatoms. The van der Waals surface area contributed by atoms with E-state index in [0.29, 0.717) is 12.1 Å². The lowest BCUT2D eigenvalue weighted by molar-refractivity contribution is -0.0937. The van der Waals surface area contributed by atoms with Crippen molar-refractivity contribution in [3.8, 4) is 0 Å². The van der Waals surface area contributed by atoms with Crippen LogP contribution in [0.1, 0.15) is 6.42 Å². The average Bonchev–Trinajstić information content (AvgIpc) is 2.21. The summed E-state index contributed by atoms with van der Waals surface area (Å²) >= 11 is 0. The number of hydrogen-bond donors (Lipinski definition) is 2. The summed E-state index contributed by atoms with van der Waals surface area (Å²) in [7, 11) is 0. The zero-order chi connectivity index (χ0) is 8.93. The van der Waals surface area contributed by atoms with Crippen LogP contribution in [-0.4, -0.2) is 51.6 Å². The van der Waals surface area contributed by atoms with Gasteiger partial charge in [-0.15, -0.1) is 0 Å². The standard InChI is InChI=1S/C9H18N2O2/c1-2-11-8(6-10-1)5-9-7-12-3-4-13-9/h8-11H,1-7H2. The fourth-order valence-electron chi connectivity index (χ4n) is 1.87. The van der Waals surface area contributed by atoms with Crippen LogP contribution in [-0.2, 0) is 9.47 Å². The summed E-state index contributed by atoms with van der Waals surface area (Å²) in [5.41, 5.74) is 0. The molecule has 0 aliphatic carbocycles. The normalized spacial score (nSPS) is 36.0. The first kappa shape index (κ1) is 9.40. The summed E-state index contributed by atoms with van der Waals surface area (Å²) in [6, 6.07) is 0.556. The van der Waals surface area contributed by atoms with Crippen LogP contribution in [0.25, 0.3) is 0 Å². The summed E-state index contributed by atoms with van der Waals surface area (Å²) in [4.78, 5) is 0. The lowest BCUT2D eigenvalue weighted by Crippen LogP contribution is -2.50. The van der Waals surface area contributed by atoms with E-state index in [-0.39, 0.29) is 0 Å². The molecule has 2 aliphatic heterocycles. The molecule has 0 saturated carbocycles. The van der Waals surface area contributed by atoms with E-state index in [1.807, 2.05) is 0 Å². The Hall–Kier alpha value is -0.160. The van der Waals surface area contributed by atoms with Crippen molar-refractivity contribution in [1.29, 1.82) is 0 Å². The van der Waals surface area contributed by atoms with E-state index in [9.17, 15) is 0 Å². The van der Waals surface area contributed by atoms with Crippen LogP contribution >= 0.6 is 0 Å². The van der Waals surface area contributed by atoms with E-state index in [2.05, 4.69) is 10.6 Å². The van der Waals surface area contributed by atoms with Gasteiger partial charge in [-0.3, -0.25) is 0 Å². The zero-order valence-electron chi connectivity index (χ0n) is 7.92. The zero-order valence-corrected chi connectivity index (χ0v) is 7.92. The predicted molar refractivity (Wildman–Crippen MR) is 49.8 cm³/mol. The molecule has 2 N–H and O–H groups in total. The third-order valence-electron chi connectivity index (χ3n) is 2.56. The summed E-state index contributed by atoms with van der Waals surface area (Å²) in [5.74, 6) is 0. The van der Waals surface area contributed by atoms with Crippen molar-refractivity contribution in [2.45, 2.75) is 18.6 Å². The first-order valence-electron chi connectivity index (χ1n) is 5.08. The van der Waals surface area contributed by atoms with Gasteiger partial charge in [-0.05, 0) is 6.42 Å². The highest BCUT2D eigenvalue weighted by molar-refractivity contribution is 4.79. The van der Waals surface area contributed by atoms with E-state index in [1.54, 1.807) is 0 Å². The molecule has 2 fully saturated rings. The van der Waals surface area contributed by atoms with Gasteiger partial charge in [-0.1, -0.05) is 0 Å². The molecule has 0 aromatic heterocycles. The van der Waals surface area contributed by atoms with E-state index in [1.165, 1.54) is 0 Å². The molecule has 0 bridgehead atoms. The first-order chi connectivity index (χ1) is 6.45. The molecular formula is C9H18N2O2. The Morgan fingerprint density at radius 1 is 1.23 bits per heavy atom. The second-order valence-electron chi connectivity index (χ2n) is 3.66. The maximum atomic E-state index is 5.59. The lowest BCUT2D eigenvalue weighted by atomic mass is 10.1. The Labute approximate surface area is 79.0 Å². The van der Waals surface area contributed by atoms with Gasteiger partial charge in [0.2, 0.25) is 0 Å². The van der Waals surface area contributed by atoms with Crippen molar-refractivity contribution in [3.05, 3.63) is 0 Å². The monoisotopic (exact) mass is 186 g/mol. The van der Waals surface area contributed by atoms with Gasteiger partial charge >= 0.3 is 0 Å². The topological polar surface area (TPSA) is 42.5 Å². The Morgan fingerprint density at radius 3 is 2.92 bits per heavy atom. The van der Waals surface area contributed by atoms with Gasteiger partial charge in [0.25, 0.3) is 0 Å². The number of nitrogens with one attached hydrogen (secondary N) is 2. The van der Waals surface area contributed by atoms with Gasteiger partial charge in [-0.2, -0.15) is 0 Å². The minimum atomic E-state index is 0.297. The quantitative estimate of drug-likeness (QED) is 0.601. The van der Waals surface area contributed by atoms with Crippen molar-refractivity contribution in [1.82, 2.24) is 10.6 Å². The van der Waals surface area contributed by atoms with Crippen LogP contribution in [0.15, 0.2) is 0 Å². The van der Waals surface area contributed by atoms with Crippen molar-refractivity contribution in [2.24, 2.45) is 0 Å². The first-order valence-corrected chi connectivity index (χ1v) is 5.08. The molecule has 13 heavy (non-hydrogen) atoms. The van der Waals surface area contributed by atoms with Crippen LogP contribution < -0.4 is 10.6 Å². The van der Waals surface area contributed by atoms with Crippen LogP contribution in [0.3, 0.4) is 0 Å². The third kappa shape index (κ3) is 2.91. The van der Waals surface area contributed by atoms with E-state index >= 15 is 0 Å². The summed E-state index contributed by atoms with van der Waals surface area (Å²) in [6.45, 7) is 5.48. The van der Waals surface area contributed by atoms with Gasteiger partial charge in [0.05, 0.1) is 25.9 Å². The average molecular weight is 186 g/mol. The van der Waals surface area contributed by atoms with E-state index < -0.39 is 0 Å². The van der Waals surface area contributed by atoms with Gasteiger partial charge < -0.3 is 20.1 Å². The molecule has 2 aliphatic rings. The summed E-state index contributed by atoms with van der Waals surface area (Å²) in [6.07, 6.45) is 1.36. The van der Waals surface area contributed by atoms with Crippen LogP contribution in [0.2, 0.25) is 0 Å². The molecule has 0 spiro atoms. The SMILES string of the molecule is C1CNC(CC2COCCO2)CN1. The minimum Gasteiger partial charge on any atom is -0.376 e. The number of rotatable bonds is 2. The molecule has 2 heterocycles. The summed E-state index contributed by atoms with van der Waals surface area (Å²) < 4.78 is 10.9. The summed E-state index contributed by atoms with van der Waals surface area (Å²) in [5, 5.41) is 6.83. The van der Waals surface area contributed by atoms with Gasteiger partial charge in [0.15, 0.2) is 0 Å².